The zero-order valence-electron chi connectivity index (χ0n) is 19.2. The van der Waals surface area contributed by atoms with Crippen LogP contribution in [-0.2, 0) is 29.2 Å². The average molecular weight is 463 g/mol. The first kappa shape index (κ1) is 29.6. The van der Waals surface area contributed by atoms with Gasteiger partial charge in [-0.15, -0.1) is 0 Å². The normalized spacial score (nSPS) is 11.7. The summed E-state index contributed by atoms with van der Waals surface area (Å²) in [6, 6.07) is 0. The van der Waals surface area contributed by atoms with Gasteiger partial charge in [-0.05, 0) is 12.8 Å². The number of carbonyl (C=O) groups is 2. The zero-order valence-corrected chi connectivity index (χ0v) is 20.0. The van der Waals surface area contributed by atoms with Gasteiger partial charge in [-0.25, -0.2) is 9.59 Å². The van der Waals surface area contributed by atoms with Crippen LogP contribution in [0.2, 0.25) is 0 Å². The third-order valence-electron chi connectivity index (χ3n) is 4.89. The molecule has 0 aromatic rings. The van der Waals surface area contributed by atoms with Gasteiger partial charge in [0, 0.05) is 12.2 Å². The Bertz CT molecular complexity index is 585. The molecule has 0 spiro atoms. The summed E-state index contributed by atoms with van der Waals surface area (Å²) in [7, 11) is -4.06. The SMILES string of the molecule is CCCCCCCCCCCCCCCCOC(=O)/C=C\C(=O)OCCCS(=O)(=O)O. The molecular formula is C23H42O7S. The maximum atomic E-state index is 11.5. The third kappa shape index (κ3) is 24.7. The molecule has 0 aliphatic rings. The molecule has 31 heavy (non-hydrogen) atoms. The van der Waals surface area contributed by atoms with E-state index >= 15 is 0 Å². The molecule has 0 aromatic heterocycles. The molecule has 0 fully saturated rings. The molecule has 0 aliphatic heterocycles. The van der Waals surface area contributed by atoms with Crippen molar-refractivity contribution in [3.63, 3.8) is 0 Å². The number of esters is 2. The molecule has 0 rings (SSSR count). The molecule has 0 heterocycles. The Morgan fingerprint density at radius 3 is 1.39 bits per heavy atom. The lowest BCUT2D eigenvalue weighted by Gasteiger charge is -2.04. The van der Waals surface area contributed by atoms with E-state index < -0.39 is 27.8 Å². The zero-order chi connectivity index (χ0) is 23.2. The Hall–Kier alpha value is -1.41. The molecule has 0 saturated carbocycles. The van der Waals surface area contributed by atoms with E-state index in [1.165, 1.54) is 70.6 Å². The first-order valence-corrected chi connectivity index (χ1v) is 13.4. The van der Waals surface area contributed by atoms with E-state index in [0.29, 0.717) is 6.61 Å². The van der Waals surface area contributed by atoms with E-state index in [0.717, 1.165) is 31.4 Å². The van der Waals surface area contributed by atoms with Crippen molar-refractivity contribution in [2.75, 3.05) is 19.0 Å². The molecule has 0 aromatic carbocycles. The Morgan fingerprint density at radius 1 is 0.645 bits per heavy atom. The maximum absolute atomic E-state index is 11.5. The minimum absolute atomic E-state index is 0.0119. The first-order chi connectivity index (χ1) is 14.8. The van der Waals surface area contributed by atoms with Crippen LogP contribution >= 0.6 is 0 Å². The summed E-state index contributed by atoms with van der Waals surface area (Å²) in [5, 5.41) is 0. The van der Waals surface area contributed by atoms with Crippen LogP contribution in [0, 0.1) is 0 Å². The smallest absolute Gasteiger partial charge is 0.331 e. The van der Waals surface area contributed by atoms with Gasteiger partial charge in [-0.3, -0.25) is 4.55 Å². The van der Waals surface area contributed by atoms with Gasteiger partial charge in [0.05, 0.1) is 19.0 Å². The van der Waals surface area contributed by atoms with Crippen molar-refractivity contribution in [2.45, 2.75) is 103 Å². The number of rotatable bonds is 21. The highest BCUT2D eigenvalue weighted by atomic mass is 32.2. The quantitative estimate of drug-likeness (QED) is 0.105. The van der Waals surface area contributed by atoms with Crippen molar-refractivity contribution in [2.24, 2.45) is 0 Å². The number of carbonyl (C=O) groups excluding carboxylic acids is 2. The monoisotopic (exact) mass is 462 g/mol. The lowest BCUT2D eigenvalue weighted by atomic mass is 10.0. The molecule has 0 aliphatic carbocycles. The Morgan fingerprint density at radius 2 is 1.00 bits per heavy atom. The summed E-state index contributed by atoms with van der Waals surface area (Å²) in [4.78, 5) is 22.9. The van der Waals surface area contributed by atoms with Gasteiger partial charge in [0.1, 0.15) is 0 Å². The van der Waals surface area contributed by atoms with Crippen LogP contribution < -0.4 is 0 Å². The molecule has 0 bridgehead atoms. The summed E-state index contributed by atoms with van der Waals surface area (Å²) in [6.45, 7) is 2.41. The maximum Gasteiger partial charge on any atom is 0.331 e. The highest BCUT2D eigenvalue weighted by molar-refractivity contribution is 7.85. The van der Waals surface area contributed by atoms with Gasteiger partial charge in [0.15, 0.2) is 0 Å². The van der Waals surface area contributed by atoms with Crippen molar-refractivity contribution in [3.05, 3.63) is 12.2 Å². The molecule has 8 heteroatoms. The van der Waals surface area contributed by atoms with Crippen molar-refractivity contribution in [1.29, 1.82) is 0 Å². The Labute approximate surface area is 188 Å². The fourth-order valence-corrected chi connectivity index (χ4v) is 3.60. The summed E-state index contributed by atoms with van der Waals surface area (Å²) in [5.41, 5.74) is 0. The third-order valence-corrected chi connectivity index (χ3v) is 5.69. The highest BCUT2D eigenvalue weighted by Crippen LogP contribution is 2.12. The number of hydrogen-bond acceptors (Lipinski definition) is 6. The number of unbranched alkanes of at least 4 members (excludes halogenated alkanes) is 13. The van der Waals surface area contributed by atoms with Gasteiger partial charge in [0.25, 0.3) is 10.1 Å². The topological polar surface area (TPSA) is 107 Å². The van der Waals surface area contributed by atoms with Crippen LogP contribution in [0.5, 0.6) is 0 Å². The molecule has 0 unspecified atom stereocenters. The van der Waals surface area contributed by atoms with Crippen LogP contribution in [0.4, 0.5) is 0 Å². The molecule has 0 amide bonds. The fourth-order valence-electron chi connectivity index (χ4n) is 3.12. The minimum Gasteiger partial charge on any atom is -0.463 e. The molecule has 1 N–H and O–H groups in total. The molecule has 182 valence electrons. The van der Waals surface area contributed by atoms with Crippen LogP contribution in [0.25, 0.3) is 0 Å². The van der Waals surface area contributed by atoms with E-state index in [1.807, 2.05) is 0 Å². The molecule has 0 atom stereocenters. The van der Waals surface area contributed by atoms with Crippen molar-refractivity contribution in [1.82, 2.24) is 0 Å². The van der Waals surface area contributed by atoms with Crippen molar-refractivity contribution in [3.8, 4) is 0 Å². The summed E-state index contributed by atoms with van der Waals surface area (Å²) in [5.74, 6) is -1.85. The molecule has 0 saturated heterocycles. The van der Waals surface area contributed by atoms with E-state index in [4.69, 9.17) is 14.0 Å². The van der Waals surface area contributed by atoms with Gasteiger partial charge in [-0.2, -0.15) is 8.42 Å². The van der Waals surface area contributed by atoms with E-state index in [9.17, 15) is 18.0 Å². The predicted molar refractivity (Wildman–Crippen MR) is 122 cm³/mol. The molecular weight excluding hydrogens is 420 g/mol. The van der Waals surface area contributed by atoms with E-state index in [2.05, 4.69) is 6.92 Å². The summed E-state index contributed by atoms with van der Waals surface area (Å²) in [6.07, 6.45) is 19.6. The summed E-state index contributed by atoms with van der Waals surface area (Å²) < 4.78 is 39.3. The second-order valence-corrected chi connectivity index (χ2v) is 9.48. The standard InChI is InChI=1S/C23H42O7S/c1-2-3-4-5-6-7-8-9-10-11-12-13-14-15-19-29-22(24)17-18-23(25)30-20-16-21-31(26,27)28/h17-18H,2-16,19-21H2,1H3,(H,26,27,28)/b18-17-. The van der Waals surface area contributed by atoms with Crippen molar-refractivity contribution >= 4 is 22.1 Å². The lowest BCUT2D eigenvalue weighted by molar-refractivity contribution is -0.140. The average Bonchev–Trinajstić information content (AvgIpc) is 2.71. The Kier molecular flexibility index (Phi) is 19.6. The van der Waals surface area contributed by atoms with E-state index in [1.54, 1.807) is 0 Å². The van der Waals surface area contributed by atoms with Gasteiger partial charge < -0.3 is 9.47 Å². The summed E-state index contributed by atoms with van der Waals surface area (Å²) >= 11 is 0. The fraction of sp³-hybridized carbons (Fsp3) is 0.826. The van der Waals surface area contributed by atoms with Crippen LogP contribution in [-0.4, -0.2) is 43.9 Å². The van der Waals surface area contributed by atoms with Gasteiger partial charge in [0.2, 0.25) is 0 Å². The Balaban J connectivity index is 3.42. The van der Waals surface area contributed by atoms with Gasteiger partial charge >= 0.3 is 11.9 Å². The van der Waals surface area contributed by atoms with Gasteiger partial charge in [-0.1, -0.05) is 90.4 Å². The number of hydrogen-bond donors (Lipinski definition) is 1. The van der Waals surface area contributed by atoms with Crippen LogP contribution in [0.3, 0.4) is 0 Å². The van der Waals surface area contributed by atoms with Crippen LogP contribution in [0.15, 0.2) is 12.2 Å². The molecule has 7 nitrogen and oxygen atoms in total. The van der Waals surface area contributed by atoms with Crippen LogP contribution in [0.1, 0.15) is 103 Å². The second kappa shape index (κ2) is 20.5. The van der Waals surface area contributed by atoms with E-state index in [-0.39, 0.29) is 13.0 Å². The molecule has 0 radical (unpaired) electrons. The number of ether oxygens (including phenoxy) is 2. The first-order valence-electron chi connectivity index (χ1n) is 11.8. The van der Waals surface area contributed by atoms with Crippen molar-refractivity contribution < 1.29 is 32.0 Å². The highest BCUT2D eigenvalue weighted by Gasteiger charge is 2.05. The largest absolute Gasteiger partial charge is 0.463 e. The lowest BCUT2D eigenvalue weighted by Crippen LogP contribution is -2.10. The predicted octanol–water partition coefficient (Wildman–Crippen LogP) is 5.39. The second-order valence-electron chi connectivity index (χ2n) is 7.90. The minimum atomic E-state index is -4.06.